The van der Waals surface area contributed by atoms with E-state index in [2.05, 4.69) is 25.8 Å². The van der Waals surface area contributed by atoms with E-state index in [4.69, 9.17) is 9.84 Å². The third-order valence-electron chi connectivity index (χ3n) is 5.98. The van der Waals surface area contributed by atoms with Crippen molar-refractivity contribution in [1.29, 1.82) is 0 Å². The molecule has 0 saturated heterocycles. The van der Waals surface area contributed by atoms with Gasteiger partial charge >= 0.3 is 0 Å². The standard InChI is InChI=1S/C27H42N2O4/c1-26(2,3)13-15-29(14-9-8-10-16-30)23(31)18-21-20-12-11-19(33-7)17-22(20)28-25(32)24(21)27(4,5)6/h11-12,17,30H,8-10,13-16,18H2,1-7H3,(H,28,32). The van der Waals surface area contributed by atoms with Crippen LogP contribution in [0.5, 0.6) is 5.75 Å². The normalized spacial score (nSPS) is 12.2. The Morgan fingerprint density at radius 2 is 1.76 bits per heavy atom. The fourth-order valence-corrected chi connectivity index (χ4v) is 4.14. The number of carbonyl (C=O) groups is 1. The Hall–Kier alpha value is -2.34. The lowest BCUT2D eigenvalue weighted by molar-refractivity contribution is -0.130. The number of fused-ring (bicyclic) bond motifs is 1. The molecule has 1 heterocycles. The number of unbranched alkanes of at least 4 members (excludes halogenated alkanes) is 2. The smallest absolute Gasteiger partial charge is 0.252 e. The van der Waals surface area contributed by atoms with Crippen molar-refractivity contribution in [1.82, 2.24) is 9.88 Å². The van der Waals surface area contributed by atoms with Crippen LogP contribution < -0.4 is 10.3 Å². The zero-order valence-electron chi connectivity index (χ0n) is 21.5. The van der Waals surface area contributed by atoms with Gasteiger partial charge in [-0.25, -0.2) is 0 Å². The van der Waals surface area contributed by atoms with Gasteiger partial charge in [-0.1, -0.05) is 41.5 Å². The van der Waals surface area contributed by atoms with E-state index in [1.807, 2.05) is 43.9 Å². The first-order valence-electron chi connectivity index (χ1n) is 12.0. The van der Waals surface area contributed by atoms with Gasteiger partial charge in [0.1, 0.15) is 5.75 Å². The molecule has 6 nitrogen and oxygen atoms in total. The van der Waals surface area contributed by atoms with Gasteiger partial charge < -0.3 is 19.7 Å². The minimum absolute atomic E-state index is 0.0384. The van der Waals surface area contributed by atoms with Crippen molar-refractivity contribution in [2.45, 2.75) is 79.1 Å². The van der Waals surface area contributed by atoms with Gasteiger partial charge in [0, 0.05) is 36.7 Å². The number of ether oxygens (including phenoxy) is 1. The minimum Gasteiger partial charge on any atom is -0.497 e. The number of pyridine rings is 1. The molecule has 0 radical (unpaired) electrons. The topological polar surface area (TPSA) is 82.6 Å². The van der Waals surface area contributed by atoms with E-state index < -0.39 is 5.41 Å². The summed E-state index contributed by atoms with van der Waals surface area (Å²) in [6.45, 7) is 14.1. The fourth-order valence-electron chi connectivity index (χ4n) is 4.14. The Labute approximate surface area is 198 Å². The number of H-pyrrole nitrogens is 1. The van der Waals surface area contributed by atoms with E-state index >= 15 is 0 Å². The van der Waals surface area contributed by atoms with Crippen LogP contribution in [0.25, 0.3) is 10.9 Å². The van der Waals surface area contributed by atoms with Gasteiger partial charge in [0.05, 0.1) is 19.0 Å². The zero-order chi connectivity index (χ0) is 24.8. The van der Waals surface area contributed by atoms with Crippen molar-refractivity contribution in [2.75, 3.05) is 26.8 Å². The van der Waals surface area contributed by atoms with Crippen LogP contribution in [-0.4, -0.2) is 47.7 Å². The molecule has 2 rings (SSSR count). The van der Waals surface area contributed by atoms with Gasteiger partial charge in [0.15, 0.2) is 0 Å². The van der Waals surface area contributed by atoms with Gasteiger partial charge in [0.2, 0.25) is 5.91 Å². The summed E-state index contributed by atoms with van der Waals surface area (Å²) in [4.78, 5) is 31.6. The summed E-state index contributed by atoms with van der Waals surface area (Å²) in [6, 6.07) is 5.61. The van der Waals surface area contributed by atoms with Crippen molar-refractivity contribution in [2.24, 2.45) is 5.41 Å². The van der Waals surface area contributed by atoms with E-state index in [9.17, 15) is 9.59 Å². The molecule has 1 aromatic heterocycles. The Balaban J connectivity index is 2.46. The van der Waals surface area contributed by atoms with Crippen molar-refractivity contribution in [3.63, 3.8) is 0 Å². The van der Waals surface area contributed by atoms with Crippen molar-refractivity contribution in [3.8, 4) is 5.75 Å². The van der Waals surface area contributed by atoms with Gasteiger partial charge in [-0.3, -0.25) is 9.59 Å². The highest BCUT2D eigenvalue weighted by Crippen LogP contribution is 2.30. The number of aliphatic hydroxyl groups excluding tert-OH is 1. The van der Waals surface area contributed by atoms with Crippen LogP contribution in [0, 0.1) is 5.41 Å². The van der Waals surface area contributed by atoms with Crippen LogP contribution in [0.1, 0.15) is 78.4 Å². The largest absolute Gasteiger partial charge is 0.497 e. The van der Waals surface area contributed by atoms with Crippen LogP contribution in [0.15, 0.2) is 23.0 Å². The number of aromatic amines is 1. The first-order chi connectivity index (χ1) is 15.4. The first-order valence-corrected chi connectivity index (χ1v) is 12.0. The number of hydrogen-bond acceptors (Lipinski definition) is 4. The summed E-state index contributed by atoms with van der Waals surface area (Å²) in [7, 11) is 1.59. The van der Waals surface area contributed by atoms with Crippen molar-refractivity contribution in [3.05, 3.63) is 39.7 Å². The third-order valence-corrected chi connectivity index (χ3v) is 5.98. The van der Waals surface area contributed by atoms with Crippen molar-refractivity contribution >= 4 is 16.8 Å². The highest BCUT2D eigenvalue weighted by molar-refractivity contribution is 5.90. The molecular formula is C27H42N2O4. The lowest BCUT2D eigenvalue weighted by Gasteiger charge is -2.29. The van der Waals surface area contributed by atoms with Gasteiger partial charge in [-0.05, 0) is 54.2 Å². The number of hydrogen-bond donors (Lipinski definition) is 2. The van der Waals surface area contributed by atoms with E-state index in [0.29, 0.717) is 29.9 Å². The number of benzene rings is 1. The molecule has 1 aromatic carbocycles. The predicted octanol–water partition coefficient (Wildman–Crippen LogP) is 4.80. The average Bonchev–Trinajstić information content (AvgIpc) is 2.70. The van der Waals surface area contributed by atoms with E-state index in [-0.39, 0.29) is 29.9 Å². The second-order valence-electron chi connectivity index (χ2n) is 11.1. The summed E-state index contributed by atoms with van der Waals surface area (Å²) in [5.41, 5.74) is 1.69. The molecule has 2 aromatic rings. The number of aliphatic hydroxyl groups is 1. The summed E-state index contributed by atoms with van der Waals surface area (Å²) >= 11 is 0. The number of amides is 1. The van der Waals surface area contributed by atoms with Gasteiger partial charge in [-0.15, -0.1) is 0 Å². The molecule has 184 valence electrons. The molecule has 0 aliphatic rings. The summed E-state index contributed by atoms with van der Waals surface area (Å²) in [5, 5.41) is 9.97. The quantitative estimate of drug-likeness (QED) is 0.501. The number of nitrogens with one attached hydrogen (secondary N) is 1. The van der Waals surface area contributed by atoms with Crippen LogP contribution >= 0.6 is 0 Å². The summed E-state index contributed by atoms with van der Waals surface area (Å²) in [5.74, 6) is 0.700. The second kappa shape index (κ2) is 11.2. The van der Waals surface area contributed by atoms with Gasteiger partial charge in [-0.2, -0.15) is 0 Å². The number of methoxy groups -OCH3 is 1. The highest BCUT2D eigenvalue weighted by Gasteiger charge is 2.27. The van der Waals surface area contributed by atoms with Crippen LogP contribution in [0.4, 0.5) is 0 Å². The average molecular weight is 459 g/mol. The first kappa shape index (κ1) is 26.9. The van der Waals surface area contributed by atoms with Gasteiger partial charge in [0.25, 0.3) is 5.56 Å². The molecule has 1 amide bonds. The Kier molecular flexibility index (Phi) is 9.12. The van der Waals surface area contributed by atoms with Crippen LogP contribution in [-0.2, 0) is 16.6 Å². The number of aromatic nitrogens is 1. The summed E-state index contributed by atoms with van der Waals surface area (Å²) in [6.07, 6.45) is 3.57. The molecule has 0 atom stereocenters. The van der Waals surface area contributed by atoms with E-state index in [1.165, 1.54) is 0 Å². The predicted molar refractivity (Wildman–Crippen MR) is 135 cm³/mol. The molecule has 0 fully saturated rings. The van der Waals surface area contributed by atoms with E-state index in [1.54, 1.807) is 7.11 Å². The summed E-state index contributed by atoms with van der Waals surface area (Å²) < 4.78 is 5.33. The lowest BCUT2D eigenvalue weighted by Crippen LogP contribution is -2.37. The number of carbonyl (C=O) groups excluding carboxylic acids is 1. The minimum atomic E-state index is -0.408. The fraction of sp³-hybridized carbons (Fsp3) is 0.630. The number of rotatable bonds is 10. The molecule has 6 heteroatoms. The molecule has 0 saturated carbocycles. The molecule has 0 spiro atoms. The molecule has 0 aliphatic carbocycles. The lowest BCUT2D eigenvalue weighted by atomic mass is 9.82. The third kappa shape index (κ3) is 7.60. The zero-order valence-corrected chi connectivity index (χ0v) is 21.5. The van der Waals surface area contributed by atoms with Crippen LogP contribution in [0.2, 0.25) is 0 Å². The maximum Gasteiger partial charge on any atom is 0.252 e. The SMILES string of the molecule is COc1ccc2c(CC(=O)N(CCCCCO)CCC(C)(C)C)c(C(C)(C)C)c(=O)[nH]c2c1. The molecule has 0 bridgehead atoms. The molecule has 33 heavy (non-hydrogen) atoms. The monoisotopic (exact) mass is 458 g/mol. The number of nitrogens with zero attached hydrogens (tertiary/aromatic N) is 1. The Morgan fingerprint density at radius 1 is 1.06 bits per heavy atom. The maximum atomic E-state index is 13.6. The molecule has 0 aliphatic heterocycles. The Bertz CT molecular complexity index is 996. The van der Waals surface area contributed by atoms with E-state index in [0.717, 1.165) is 36.6 Å². The molecular weight excluding hydrogens is 416 g/mol. The Morgan fingerprint density at radius 3 is 2.33 bits per heavy atom. The molecule has 0 unspecified atom stereocenters. The highest BCUT2D eigenvalue weighted by atomic mass is 16.5. The maximum absolute atomic E-state index is 13.6. The second-order valence-corrected chi connectivity index (χ2v) is 11.1. The molecule has 2 N–H and O–H groups in total. The van der Waals surface area contributed by atoms with Crippen molar-refractivity contribution < 1.29 is 14.6 Å². The van der Waals surface area contributed by atoms with Crippen LogP contribution in [0.3, 0.4) is 0 Å².